The third kappa shape index (κ3) is 3.80. The van der Waals surface area contributed by atoms with Crippen LogP contribution in [0, 0.1) is 38.0 Å². The maximum atomic E-state index is 12.2. The fourth-order valence-electron chi connectivity index (χ4n) is 4.61. The molecule has 180 valence electrons. The number of nitrogens with zero attached hydrogens (tertiary/aromatic N) is 6. The van der Waals surface area contributed by atoms with Gasteiger partial charge in [-0.15, -0.1) is 21.5 Å². The number of rotatable bonds is 5. The fourth-order valence-corrected chi connectivity index (χ4v) is 5.82. The smallest absolute Gasteiger partial charge is 0.309 e. The summed E-state index contributed by atoms with van der Waals surface area (Å²) in [7, 11) is 0. The molecule has 0 spiro atoms. The molecule has 1 unspecified atom stereocenters. The molecule has 1 aliphatic rings. The van der Waals surface area contributed by atoms with Gasteiger partial charge >= 0.3 is 5.97 Å². The molecule has 0 aliphatic carbocycles. The van der Waals surface area contributed by atoms with Crippen LogP contribution in [-0.2, 0) is 4.79 Å². The van der Waals surface area contributed by atoms with Crippen molar-refractivity contribution >= 4 is 23.0 Å². The first-order valence-corrected chi connectivity index (χ1v) is 12.5. The molecule has 1 aromatic carbocycles. The Kier molecular flexibility index (Phi) is 5.98. The molecule has 0 radical (unpaired) electrons. The van der Waals surface area contributed by atoms with E-state index in [1.807, 2.05) is 42.7 Å². The number of benzene rings is 1. The molecular weight excluding hydrogens is 472 g/mol. The molecule has 36 heavy (non-hydrogen) atoms. The largest absolute Gasteiger partial charge is 0.481 e. The first-order valence-electron chi connectivity index (χ1n) is 11.6. The number of pyridine rings is 1. The Morgan fingerprint density at radius 2 is 1.89 bits per heavy atom. The zero-order chi connectivity index (χ0) is 25.6. The van der Waals surface area contributed by atoms with Crippen molar-refractivity contribution in [1.29, 1.82) is 5.26 Å². The highest BCUT2D eigenvalue weighted by atomic mass is 32.1. The minimum atomic E-state index is -0.908. The fraction of sp³-hybridized carbons (Fsp3) is 0.259. The van der Waals surface area contributed by atoms with Crippen LogP contribution < -0.4 is 0 Å². The Bertz CT molecular complexity index is 1560. The number of aliphatic imine (C=N–C) groups is 1. The van der Waals surface area contributed by atoms with Gasteiger partial charge in [-0.1, -0.05) is 31.2 Å². The van der Waals surface area contributed by atoms with E-state index in [0.29, 0.717) is 29.3 Å². The normalized spacial score (nSPS) is 15.3. The summed E-state index contributed by atoms with van der Waals surface area (Å²) < 4.78 is 1.97. The lowest BCUT2D eigenvalue weighted by Crippen LogP contribution is -2.23. The van der Waals surface area contributed by atoms with Gasteiger partial charge in [0.05, 0.1) is 29.0 Å². The first-order chi connectivity index (χ1) is 17.3. The Morgan fingerprint density at radius 3 is 2.56 bits per heavy atom. The molecule has 0 fully saturated rings. The van der Waals surface area contributed by atoms with Crippen molar-refractivity contribution in [3.8, 4) is 22.3 Å². The topological polar surface area (TPSA) is 117 Å². The lowest BCUT2D eigenvalue weighted by Gasteiger charge is -2.18. The predicted octanol–water partition coefficient (Wildman–Crippen LogP) is 5.19. The molecule has 3 aromatic heterocycles. The van der Waals surface area contributed by atoms with E-state index in [9.17, 15) is 15.2 Å². The van der Waals surface area contributed by atoms with Crippen LogP contribution in [0.5, 0.6) is 0 Å². The summed E-state index contributed by atoms with van der Waals surface area (Å²) in [6, 6.07) is 12.8. The molecule has 4 aromatic rings. The van der Waals surface area contributed by atoms with Gasteiger partial charge in [0.25, 0.3) is 0 Å². The van der Waals surface area contributed by atoms with Crippen LogP contribution in [0.1, 0.15) is 58.2 Å². The molecule has 0 amide bonds. The van der Waals surface area contributed by atoms with E-state index in [0.717, 1.165) is 37.8 Å². The van der Waals surface area contributed by atoms with Crippen LogP contribution >= 0.6 is 11.3 Å². The van der Waals surface area contributed by atoms with Crippen molar-refractivity contribution in [2.24, 2.45) is 10.9 Å². The molecule has 8 nitrogen and oxygen atoms in total. The molecular formula is C27H24N6O2S. The first kappa shape index (κ1) is 23.6. The Hall–Kier alpha value is -4.16. The average Bonchev–Trinajstić information content (AvgIpc) is 3.35. The number of carboxylic acid groups (broad SMARTS) is 1. The van der Waals surface area contributed by atoms with Gasteiger partial charge < -0.3 is 5.11 Å². The van der Waals surface area contributed by atoms with Crippen LogP contribution in [0.25, 0.3) is 16.3 Å². The molecule has 9 heteroatoms. The molecule has 2 atom stereocenters. The van der Waals surface area contributed by atoms with Gasteiger partial charge in [-0.3, -0.25) is 19.3 Å². The zero-order valence-corrected chi connectivity index (χ0v) is 21.2. The van der Waals surface area contributed by atoms with Crippen LogP contribution in [-0.4, -0.2) is 36.5 Å². The average molecular weight is 497 g/mol. The highest BCUT2D eigenvalue weighted by Gasteiger charge is 2.37. The summed E-state index contributed by atoms with van der Waals surface area (Å²) >= 11 is 1.64. The number of hydrogen-bond acceptors (Lipinski definition) is 7. The molecule has 0 bridgehead atoms. The third-order valence-corrected chi connectivity index (χ3v) is 7.86. The van der Waals surface area contributed by atoms with Crippen molar-refractivity contribution in [3.63, 3.8) is 0 Å². The van der Waals surface area contributed by atoms with E-state index in [-0.39, 0.29) is 0 Å². The van der Waals surface area contributed by atoms with Gasteiger partial charge in [-0.25, -0.2) is 0 Å². The molecule has 1 N–H and O–H groups in total. The van der Waals surface area contributed by atoms with Gasteiger partial charge in [-0.05, 0) is 44.9 Å². The number of aliphatic carboxylic acids is 1. The summed E-state index contributed by atoms with van der Waals surface area (Å²) in [5.41, 5.74) is 5.83. The Labute approximate surface area is 212 Å². The quantitative estimate of drug-likeness (QED) is 0.406. The Balaban J connectivity index is 1.71. The van der Waals surface area contributed by atoms with Gasteiger partial charge in [0.2, 0.25) is 0 Å². The van der Waals surface area contributed by atoms with Gasteiger partial charge in [0.15, 0.2) is 5.82 Å². The summed E-state index contributed by atoms with van der Waals surface area (Å²) in [6.07, 6.45) is 2.04. The number of carboxylic acids is 1. The predicted molar refractivity (Wildman–Crippen MR) is 138 cm³/mol. The van der Waals surface area contributed by atoms with Crippen LogP contribution in [0.3, 0.4) is 0 Å². The van der Waals surface area contributed by atoms with Crippen LogP contribution in [0.15, 0.2) is 47.6 Å². The van der Waals surface area contributed by atoms with E-state index < -0.39 is 17.9 Å². The zero-order valence-electron chi connectivity index (χ0n) is 20.4. The lowest BCUT2D eigenvalue weighted by molar-refractivity contribution is -0.142. The van der Waals surface area contributed by atoms with E-state index in [2.05, 4.69) is 35.1 Å². The van der Waals surface area contributed by atoms with E-state index in [1.54, 1.807) is 29.7 Å². The summed E-state index contributed by atoms with van der Waals surface area (Å²) in [5, 5.41) is 28.9. The third-order valence-electron chi connectivity index (χ3n) is 6.67. The second-order valence-corrected chi connectivity index (χ2v) is 10.0. The van der Waals surface area contributed by atoms with Gasteiger partial charge in [-0.2, -0.15) is 5.26 Å². The van der Waals surface area contributed by atoms with E-state index in [4.69, 9.17) is 4.99 Å². The van der Waals surface area contributed by atoms with Gasteiger partial charge in [0, 0.05) is 27.8 Å². The summed E-state index contributed by atoms with van der Waals surface area (Å²) in [6.45, 7) is 7.88. The molecule has 0 saturated heterocycles. The minimum absolute atomic E-state index is 0.411. The number of aryl methyl sites for hydroxylation is 2. The summed E-state index contributed by atoms with van der Waals surface area (Å²) in [4.78, 5) is 22.9. The second-order valence-electron chi connectivity index (χ2n) is 8.80. The SMILES string of the molecule is CCC(C(=O)O)[C@@H]1N=C(c2ccc(-c3cc(C#N)ccn3)cc2)c2c(sc(C)c2C)-n2c(C)nnc21. The van der Waals surface area contributed by atoms with E-state index in [1.165, 1.54) is 0 Å². The number of hydrogen-bond donors (Lipinski definition) is 1. The van der Waals surface area contributed by atoms with Crippen molar-refractivity contribution in [2.75, 3.05) is 0 Å². The molecule has 1 aliphatic heterocycles. The maximum Gasteiger partial charge on any atom is 0.309 e. The lowest BCUT2D eigenvalue weighted by atomic mass is 9.95. The van der Waals surface area contributed by atoms with Crippen LogP contribution in [0.4, 0.5) is 0 Å². The van der Waals surface area contributed by atoms with Crippen molar-refractivity contribution in [3.05, 3.63) is 81.4 Å². The maximum absolute atomic E-state index is 12.2. The summed E-state index contributed by atoms with van der Waals surface area (Å²) in [5.74, 6) is -0.397. The van der Waals surface area contributed by atoms with Gasteiger partial charge in [0.1, 0.15) is 16.9 Å². The molecule has 0 saturated carbocycles. The highest BCUT2D eigenvalue weighted by molar-refractivity contribution is 7.15. The monoisotopic (exact) mass is 496 g/mol. The van der Waals surface area contributed by atoms with Crippen molar-refractivity contribution in [1.82, 2.24) is 19.7 Å². The van der Waals surface area contributed by atoms with Crippen molar-refractivity contribution in [2.45, 2.75) is 40.2 Å². The minimum Gasteiger partial charge on any atom is -0.481 e. The number of nitriles is 1. The Morgan fingerprint density at radius 1 is 1.17 bits per heavy atom. The van der Waals surface area contributed by atoms with Crippen LogP contribution in [0.2, 0.25) is 0 Å². The molecule has 4 heterocycles. The number of carbonyl (C=O) groups is 1. The number of aromatic nitrogens is 4. The second kappa shape index (κ2) is 9.13. The highest BCUT2D eigenvalue weighted by Crippen LogP contribution is 2.41. The molecule has 5 rings (SSSR count). The number of fused-ring (bicyclic) bond motifs is 3. The van der Waals surface area contributed by atoms with E-state index >= 15 is 0 Å². The number of thiophene rings is 1. The standard InChI is InChI=1S/C27H24N6O2S/c1-5-20(27(34)35)24-25-32-31-16(4)33(25)26-22(14(2)15(3)36-26)23(30-24)19-8-6-18(7-9-19)21-12-17(13-28)10-11-29-21/h6-12,20,24H,5H2,1-4H3,(H,34,35)/t20?,24-/m0/s1. The van der Waals surface area contributed by atoms with Crippen molar-refractivity contribution < 1.29 is 9.90 Å².